The third-order valence-corrected chi connectivity index (χ3v) is 2.68. The Morgan fingerprint density at radius 3 is 2.68 bits per heavy atom. The summed E-state index contributed by atoms with van der Waals surface area (Å²) in [6, 6.07) is 13.5. The lowest BCUT2D eigenvalue weighted by molar-refractivity contribution is 0.277. The van der Waals surface area contributed by atoms with E-state index in [2.05, 4.69) is 15.2 Å². The third kappa shape index (κ3) is 2.61. The van der Waals surface area contributed by atoms with Crippen LogP contribution in [0.5, 0.6) is 0 Å². The van der Waals surface area contributed by atoms with Crippen LogP contribution in [0.25, 0.3) is 22.3 Å². The zero-order valence-electron chi connectivity index (χ0n) is 10.5. The summed E-state index contributed by atoms with van der Waals surface area (Å²) >= 11 is 0. The van der Waals surface area contributed by atoms with Crippen LogP contribution in [0.4, 0.5) is 4.39 Å². The number of nitrogens with one attached hydrogen (secondary N) is 1. The van der Waals surface area contributed by atoms with Gasteiger partial charge in [-0.1, -0.05) is 24.3 Å². The number of pyridine rings is 1. The predicted octanol–water partition coefficient (Wildman–Crippen LogP) is 2.70. The molecule has 2 heterocycles. The fraction of sp³-hybridized carbons (Fsp3) is 0.143. The number of hydrogen-bond donors (Lipinski definition) is 2. The van der Waals surface area contributed by atoms with Crippen molar-refractivity contribution in [3.05, 3.63) is 48.2 Å². The molecule has 0 spiro atoms. The zero-order chi connectivity index (χ0) is 13.7. The van der Waals surface area contributed by atoms with Crippen LogP contribution in [0.3, 0.4) is 0 Å². The van der Waals surface area contributed by atoms with E-state index < -0.39 is 0 Å². The van der Waals surface area contributed by atoms with Crippen LogP contribution >= 0.6 is 0 Å². The fourth-order valence-electron chi connectivity index (χ4n) is 1.86. The van der Waals surface area contributed by atoms with Crippen molar-refractivity contribution < 1.29 is 9.50 Å². The number of H-pyrrole nitrogens is 1. The molecule has 0 fully saturated rings. The Balaban J connectivity index is 0.000000637. The molecular weight excluding hydrogens is 245 g/mol. The van der Waals surface area contributed by atoms with Gasteiger partial charge in [0.25, 0.3) is 0 Å². The Morgan fingerprint density at radius 2 is 1.89 bits per heavy atom. The van der Waals surface area contributed by atoms with Gasteiger partial charge in [-0.3, -0.25) is 9.49 Å². The fourth-order valence-corrected chi connectivity index (χ4v) is 1.86. The van der Waals surface area contributed by atoms with Crippen LogP contribution < -0.4 is 0 Å². The van der Waals surface area contributed by atoms with Gasteiger partial charge in [0.15, 0.2) is 0 Å². The van der Waals surface area contributed by atoms with Crippen LogP contribution in [0.15, 0.2) is 42.5 Å². The van der Waals surface area contributed by atoms with Crippen molar-refractivity contribution in [1.29, 1.82) is 0 Å². The summed E-state index contributed by atoms with van der Waals surface area (Å²) < 4.78 is 9.50. The van der Waals surface area contributed by atoms with Crippen molar-refractivity contribution >= 4 is 10.9 Å². The summed E-state index contributed by atoms with van der Waals surface area (Å²) in [6.07, 6.45) is 0. The minimum Gasteiger partial charge on any atom is -0.390 e. The number of aliphatic hydroxyl groups is 1. The molecule has 2 aromatic heterocycles. The number of aromatic nitrogens is 3. The average Bonchev–Trinajstić information content (AvgIpc) is 2.93. The van der Waals surface area contributed by atoms with Crippen molar-refractivity contribution in [3.8, 4) is 11.4 Å². The van der Waals surface area contributed by atoms with E-state index in [1.807, 2.05) is 36.4 Å². The number of benzene rings is 1. The summed E-state index contributed by atoms with van der Waals surface area (Å²) in [5.74, 6) is 0. The highest BCUT2D eigenvalue weighted by Gasteiger charge is 2.08. The number of alkyl halides is 1. The molecule has 5 heteroatoms. The van der Waals surface area contributed by atoms with Crippen LogP contribution in [0, 0.1) is 0 Å². The number of aliphatic hydroxyl groups excluding tert-OH is 1. The van der Waals surface area contributed by atoms with Crippen LogP contribution in [-0.4, -0.2) is 27.5 Å². The Labute approximate surface area is 109 Å². The number of para-hydroxylation sites is 1. The minimum absolute atomic E-state index is 0.0593. The first-order valence-corrected chi connectivity index (χ1v) is 5.76. The van der Waals surface area contributed by atoms with E-state index in [1.165, 1.54) is 0 Å². The number of fused-ring (bicyclic) bond motifs is 1. The molecule has 0 bridgehead atoms. The van der Waals surface area contributed by atoms with Gasteiger partial charge in [-0.25, -0.2) is 4.98 Å². The van der Waals surface area contributed by atoms with E-state index in [0.717, 1.165) is 22.3 Å². The molecule has 98 valence electrons. The molecule has 0 aliphatic rings. The van der Waals surface area contributed by atoms with Crippen molar-refractivity contribution in [3.63, 3.8) is 0 Å². The molecule has 0 aliphatic heterocycles. The van der Waals surface area contributed by atoms with Gasteiger partial charge in [-0.2, -0.15) is 5.10 Å². The van der Waals surface area contributed by atoms with E-state index in [4.69, 9.17) is 5.11 Å². The van der Waals surface area contributed by atoms with Gasteiger partial charge in [0.1, 0.15) is 5.69 Å². The van der Waals surface area contributed by atoms with E-state index in [1.54, 1.807) is 6.07 Å². The maximum Gasteiger partial charge on any atom is 0.118 e. The van der Waals surface area contributed by atoms with E-state index in [0.29, 0.717) is 12.9 Å². The second-order valence-electron chi connectivity index (χ2n) is 3.79. The smallest absolute Gasteiger partial charge is 0.118 e. The largest absolute Gasteiger partial charge is 0.390 e. The maximum absolute atomic E-state index is 9.50. The second-order valence-corrected chi connectivity index (χ2v) is 3.79. The minimum atomic E-state index is -0.0593. The van der Waals surface area contributed by atoms with E-state index in [-0.39, 0.29) is 6.61 Å². The molecule has 0 saturated carbocycles. The molecule has 0 amide bonds. The molecular formula is C14H14FN3O. The van der Waals surface area contributed by atoms with Gasteiger partial charge in [0.05, 0.1) is 30.7 Å². The molecule has 0 aliphatic carbocycles. The molecule has 0 unspecified atom stereocenters. The standard InChI is InChI=1S/C13H11N3O.CH3F/c17-8-9-4-3-7-12(14-9)13-10-5-1-2-6-11(10)15-16-13;1-2/h1-7,17H,8H2,(H,15,16);1H3. The zero-order valence-corrected chi connectivity index (χ0v) is 10.5. The lowest BCUT2D eigenvalue weighted by atomic mass is 10.1. The first-order valence-electron chi connectivity index (χ1n) is 5.76. The topological polar surface area (TPSA) is 61.8 Å². The number of halogens is 1. The highest BCUT2D eigenvalue weighted by Crippen LogP contribution is 2.24. The molecule has 3 aromatic rings. The Hall–Kier alpha value is -2.27. The van der Waals surface area contributed by atoms with Crippen molar-refractivity contribution in [2.75, 3.05) is 7.18 Å². The molecule has 4 nitrogen and oxygen atoms in total. The van der Waals surface area contributed by atoms with Crippen molar-refractivity contribution in [1.82, 2.24) is 15.2 Å². The monoisotopic (exact) mass is 259 g/mol. The molecule has 19 heavy (non-hydrogen) atoms. The number of rotatable bonds is 2. The molecule has 2 N–H and O–H groups in total. The Bertz CT molecular complexity index is 666. The van der Waals surface area contributed by atoms with Gasteiger partial charge in [0, 0.05) is 5.39 Å². The van der Waals surface area contributed by atoms with Crippen LogP contribution in [0.1, 0.15) is 5.69 Å². The predicted molar refractivity (Wildman–Crippen MR) is 72.3 cm³/mol. The maximum atomic E-state index is 9.50. The van der Waals surface area contributed by atoms with Gasteiger partial charge in [-0.05, 0) is 18.2 Å². The summed E-state index contributed by atoms with van der Waals surface area (Å²) in [7, 11) is 0.500. The van der Waals surface area contributed by atoms with E-state index >= 15 is 0 Å². The summed E-state index contributed by atoms with van der Waals surface area (Å²) in [5, 5.41) is 17.4. The van der Waals surface area contributed by atoms with Crippen LogP contribution in [-0.2, 0) is 6.61 Å². The normalized spacial score (nSPS) is 10.1. The Kier molecular flexibility index (Phi) is 4.20. The average molecular weight is 259 g/mol. The van der Waals surface area contributed by atoms with Crippen molar-refractivity contribution in [2.45, 2.75) is 6.61 Å². The van der Waals surface area contributed by atoms with Crippen LogP contribution in [0.2, 0.25) is 0 Å². The third-order valence-electron chi connectivity index (χ3n) is 2.68. The van der Waals surface area contributed by atoms with Gasteiger partial charge in [0.2, 0.25) is 0 Å². The van der Waals surface area contributed by atoms with Gasteiger partial charge >= 0.3 is 0 Å². The summed E-state index contributed by atoms with van der Waals surface area (Å²) in [5.41, 5.74) is 3.22. The molecule has 0 radical (unpaired) electrons. The van der Waals surface area contributed by atoms with Gasteiger partial charge < -0.3 is 5.11 Å². The van der Waals surface area contributed by atoms with Gasteiger partial charge in [-0.15, -0.1) is 0 Å². The first kappa shape index (κ1) is 13.2. The quantitative estimate of drug-likeness (QED) is 0.743. The van der Waals surface area contributed by atoms with Crippen molar-refractivity contribution in [2.24, 2.45) is 0 Å². The number of aromatic amines is 1. The summed E-state index contributed by atoms with van der Waals surface area (Å²) in [4.78, 5) is 4.35. The molecule has 0 atom stereocenters. The van der Waals surface area contributed by atoms with E-state index in [9.17, 15) is 4.39 Å². The number of hydrogen-bond acceptors (Lipinski definition) is 3. The highest BCUT2D eigenvalue weighted by atomic mass is 19.1. The highest BCUT2D eigenvalue weighted by molar-refractivity contribution is 5.91. The summed E-state index contributed by atoms with van der Waals surface area (Å²) in [6.45, 7) is -0.0593. The second kappa shape index (κ2) is 6.06. The SMILES string of the molecule is CF.OCc1cccc(-c2n[nH]c3ccccc23)n1. The molecule has 0 saturated heterocycles. The molecule has 3 rings (SSSR count). The Morgan fingerprint density at radius 1 is 1.11 bits per heavy atom. The number of nitrogens with zero attached hydrogens (tertiary/aromatic N) is 2. The lowest BCUT2D eigenvalue weighted by Crippen LogP contribution is -1.91. The lowest BCUT2D eigenvalue weighted by Gasteiger charge is -1.99. The first-order chi connectivity index (χ1) is 9.38. The molecule has 1 aromatic carbocycles.